The lowest BCUT2D eigenvalue weighted by Gasteiger charge is -2.23. The van der Waals surface area contributed by atoms with E-state index in [1.807, 2.05) is 39.0 Å². The van der Waals surface area contributed by atoms with E-state index in [4.69, 9.17) is 9.47 Å². The predicted molar refractivity (Wildman–Crippen MR) is 115 cm³/mol. The van der Waals surface area contributed by atoms with Gasteiger partial charge in [0.05, 0.1) is 13.2 Å². The highest BCUT2D eigenvalue weighted by atomic mass is 16.5. The van der Waals surface area contributed by atoms with Crippen molar-refractivity contribution in [1.29, 1.82) is 0 Å². The standard InChI is InChI=1S/C23H30N2O4/c1-5-13-25(23(27)19-9-8-10-20(15-19)24-17(4)26)16-18-11-12-21(28-6-2)22(14-18)29-7-3/h8-12,14-15H,5-7,13,16H2,1-4H3,(H,24,26). The third-order valence-corrected chi connectivity index (χ3v) is 4.19. The molecule has 29 heavy (non-hydrogen) atoms. The van der Waals surface area contributed by atoms with Gasteiger partial charge in [0.25, 0.3) is 5.91 Å². The van der Waals surface area contributed by atoms with Crippen LogP contribution in [0.25, 0.3) is 0 Å². The minimum Gasteiger partial charge on any atom is -0.490 e. The molecule has 0 aliphatic carbocycles. The average molecular weight is 399 g/mol. The summed E-state index contributed by atoms with van der Waals surface area (Å²) in [5.41, 5.74) is 2.12. The third kappa shape index (κ3) is 6.52. The maximum Gasteiger partial charge on any atom is 0.254 e. The molecule has 2 rings (SSSR count). The summed E-state index contributed by atoms with van der Waals surface area (Å²) in [6.07, 6.45) is 0.840. The topological polar surface area (TPSA) is 67.9 Å². The van der Waals surface area contributed by atoms with E-state index in [0.29, 0.717) is 49.1 Å². The molecule has 0 fully saturated rings. The molecule has 0 unspecified atom stereocenters. The Hall–Kier alpha value is -3.02. The van der Waals surface area contributed by atoms with Crippen molar-refractivity contribution in [3.05, 3.63) is 53.6 Å². The molecule has 0 saturated heterocycles. The normalized spacial score (nSPS) is 10.3. The summed E-state index contributed by atoms with van der Waals surface area (Å²) in [5.74, 6) is 1.14. The lowest BCUT2D eigenvalue weighted by Crippen LogP contribution is -2.31. The monoisotopic (exact) mass is 398 g/mol. The van der Waals surface area contributed by atoms with Crippen molar-refractivity contribution in [2.24, 2.45) is 0 Å². The van der Waals surface area contributed by atoms with Crippen LogP contribution in [0.3, 0.4) is 0 Å². The van der Waals surface area contributed by atoms with Crippen LogP contribution in [0.4, 0.5) is 5.69 Å². The summed E-state index contributed by atoms with van der Waals surface area (Å²) in [7, 11) is 0. The van der Waals surface area contributed by atoms with Gasteiger partial charge in [-0.3, -0.25) is 9.59 Å². The molecule has 6 nitrogen and oxygen atoms in total. The van der Waals surface area contributed by atoms with Crippen molar-refractivity contribution >= 4 is 17.5 Å². The molecule has 0 spiro atoms. The molecule has 0 heterocycles. The number of benzene rings is 2. The second-order valence-electron chi connectivity index (χ2n) is 6.64. The summed E-state index contributed by atoms with van der Waals surface area (Å²) in [6.45, 7) is 9.53. The molecule has 156 valence electrons. The Kier molecular flexibility index (Phi) is 8.52. The minimum absolute atomic E-state index is 0.0779. The number of hydrogen-bond donors (Lipinski definition) is 1. The number of nitrogens with one attached hydrogen (secondary N) is 1. The molecule has 1 N–H and O–H groups in total. The molecule has 2 aromatic carbocycles. The summed E-state index contributed by atoms with van der Waals surface area (Å²) < 4.78 is 11.3. The van der Waals surface area contributed by atoms with Crippen molar-refractivity contribution in [3.8, 4) is 11.5 Å². The predicted octanol–water partition coefficient (Wildman–Crippen LogP) is 4.49. The van der Waals surface area contributed by atoms with Gasteiger partial charge in [-0.2, -0.15) is 0 Å². The van der Waals surface area contributed by atoms with Crippen LogP contribution in [0.5, 0.6) is 11.5 Å². The zero-order chi connectivity index (χ0) is 21.2. The van der Waals surface area contributed by atoms with Gasteiger partial charge in [0, 0.05) is 31.3 Å². The number of nitrogens with zero attached hydrogens (tertiary/aromatic N) is 1. The maximum absolute atomic E-state index is 13.1. The first-order valence-corrected chi connectivity index (χ1v) is 10.0. The Labute approximate surface area is 172 Å². The van der Waals surface area contributed by atoms with Crippen LogP contribution in [0.2, 0.25) is 0 Å². The smallest absolute Gasteiger partial charge is 0.254 e. The highest BCUT2D eigenvalue weighted by Crippen LogP contribution is 2.29. The molecular formula is C23H30N2O4. The minimum atomic E-state index is -0.169. The van der Waals surface area contributed by atoms with E-state index in [9.17, 15) is 9.59 Å². The van der Waals surface area contributed by atoms with Crippen molar-refractivity contribution in [1.82, 2.24) is 4.90 Å². The van der Waals surface area contributed by atoms with Crippen molar-refractivity contribution in [2.75, 3.05) is 25.1 Å². The number of ether oxygens (including phenoxy) is 2. The molecule has 0 bridgehead atoms. The Morgan fingerprint density at radius 1 is 0.966 bits per heavy atom. The summed E-state index contributed by atoms with van der Waals surface area (Å²) in [4.78, 5) is 26.2. The fourth-order valence-electron chi connectivity index (χ4n) is 3.05. The van der Waals surface area contributed by atoms with E-state index in [0.717, 1.165) is 12.0 Å². The van der Waals surface area contributed by atoms with Crippen LogP contribution >= 0.6 is 0 Å². The van der Waals surface area contributed by atoms with Gasteiger partial charge in [-0.05, 0) is 56.2 Å². The molecular weight excluding hydrogens is 368 g/mol. The second kappa shape index (κ2) is 11.1. The van der Waals surface area contributed by atoms with Crippen LogP contribution in [-0.4, -0.2) is 36.5 Å². The highest BCUT2D eigenvalue weighted by molar-refractivity contribution is 5.96. The summed E-state index contributed by atoms with van der Waals surface area (Å²) >= 11 is 0. The van der Waals surface area contributed by atoms with Crippen LogP contribution in [-0.2, 0) is 11.3 Å². The van der Waals surface area contributed by atoms with Crippen LogP contribution in [0.1, 0.15) is 50.0 Å². The quantitative estimate of drug-likeness (QED) is 0.640. The molecule has 6 heteroatoms. The van der Waals surface area contributed by atoms with Gasteiger partial charge in [-0.25, -0.2) is 0 Å². The maximum atomic E-state index is 13.1. The largest absolute Gasteiger partial charge is 0.490 e. The molecule has 0 saturated carbocycles. The SMILES string of the molecule is CCCN(Cc1ccc(OCC)c(OCC)c1)C(=O)c1cccc(NC(C)=O)c1. The van der Waals surface area contributed by atoms with E-state index in [2.05, 4.69) is 5.32 Å². The van der Waals surface area contributed by atoms with Gasteiger partial charge in [-0.1, -0.05) is 19.1 Å². The zero-order valence-corrected chi connectivity index (χ0v) is 17.7. The van der Waals surface area contributed by atoms with E-state index in [-0.39, 0.29) is 11.8 Å². The Bertz CT molecular complexity index is 835. The van der Waals surface area contributed by atoms with E-state index in [1.54, 1.807) is 29.2 Å². The van der Waals surface area contributed by atoms with Crippen LogP contribution in [0.15, 0.2) is 42.5 Å². The summed E-state index contributed by atoms with van der Waals surface area (Å²) in [5, 5.41) is 2.72. The summed E-state index contributed by atoms with van der Waals surface area (Å²) in [6, 6.07) is 12.8. The Balaban J connectivity index is 2.24. The van der Waals surface area contributed by atoms with Crippen LogP contribution < -0.4 is 14.8 Å². The number of rotatable bonds is 10. The molecule has 0 atom stereocenters. The number of carbonyl (C=O) groups excluding carboxylic acids is 2. The fraction of sp³-hybridized carbons (Fsp3) is 0.391. The Morgan fingerprint density at radius 2 is 1.69 bits per heavy atom. The molecule has 0 aromatic heterocycles. The van der Waals surface area contributed by atoms with Gasteiger partial charge in [0.2, 0.25) is 5.91 Å². The van der Waals surface area contributed by atoms with E-state index >= 15 is 0 Å². The van der Waals surface area contributed by atoms with Gasteiger partial charge in [0.15, 0.2) is 11.5 Å². The van der Waals surface area contributed by atoms with Crippen molar-refractivity contribution < 1.29 is 19.1 Å². The van der Waals surface area contributed by atoms with Crippen LogP contribution in [0, 0.1) is 0 Å². The molecule has 0 aliphatic heterocycles. The number of amides is 2. The van der Waals surface area contributed by atoms with E-state index in [1.165, 1.54) is 6.92 Å². The highest BCUT2D eigenvalue weighted by Gasteiger charge is 2.17. The number of carbonyl (C=O) groups is 2. The lowest BCUT2D eigenvalue weighted by atomic mass is 10.1. The van der Waals surface area contributed by atoms with Gasteiger partial charge in [-0.15, -0.1) is 0 Å². The lowest BCUT2D eigenvalue weighted by molar-refractivity contribution is -0.114. The average Bonchev–Trinajstić information content (AvgIpc) is 2.69. The third-order valence-electron chi connectivity index (χ3n) is 4.19. The molecule has 2 amide bonds. The van der Waals surface area contributed by atoms with Crippen molar-refractivity contribution in [3.63, 3.8) is 0 Å². The van der Waals surface area contributed by atoms with E-state index < -0.39 is 0 Å². The second-order valence-corrected chi connectivity index (χ2v) is 6.64. The van der Waals surface area contributed by atoms with Crippen molar-refractivity contribution in [2.45, 2.75) is 40.7 Å². The number of anilines is 1. The molecule has 2 aromatic rings. The molecule has 0 aliphatic rings. The van der Waals surface area contributed by atoms with Gasteiger partial charge >= 0.3 is 0 Å². The number of hydrogen-bond acceptors (Lipinski definition) is 4. The van der Waals surface area contributed by atoms with Gasteiger partial charge in [0.1, 0.15) is 0 Å². The first kappa shape index (κ1) is 22.3. The van der Waals surface area contributed by atoms with Gasteiger partial charge < -0.3 is 19.7 Å². The first-order chi connectivity index (χ1) is 14.0. The molecule has 0 radical (unpaired) electrons. The Morgan fingerprint density at radius 3 is 2.34 bits per heavy atom. The zero-order valence-electron chi connectivity index (χ0n) is 17.7. The fourth-order valence-corrected chi connectivity index (χ4v) is 3.05. The first-order valence-electron chi connectivity index (χ1n) is 10.0.